The van der Waals surface area contributed by atoms with Crippen molar-refractivity contribution in [3.8, 4) is 5.75 Å². The zero-order valence-corrected chi connectivity index (χ0v) is 11.4. The number of aryl methyl sites for hydroxylation is 1. The predicted molar refractivity (Wildman–Crippen MR) is 77.8 cm³/mol. The van der Waals surface area contributed by atoms with Crippen LogP contribution in [-0.2, 0) is 6.61 Å². The quantitative estimate of drug-likeness (QED) is 0.804. The highest BCUT2D eigenvalue weighted by Gasteiger charge is 2.08. The third-order valence-electron chi connectivity index (χ3n) is 3.18. The molecule has 0 fully saturated rings. The number of benzene rings is 2. The second-order valence-corrected chi connectivity index (χ2v) is 4.71. The molecule has 0 saturated carbocycles. The molecule has 0 saturated heterocycles. The van der Waals surface area contributed by atoms with Crippen molar-refractivity contribution >= 4 is 10.9 Å². The average Bonchev–Trinajstić information content (AvgIpc) is 2.49. The van der Waals surface area contributed by atoms with Gasteiger partial charge < -0.3 is 9.72 Å². The molecule has 0 radical (unpaired) electrons. The summed E-state index contributed by atoms with van der Waals surface area (Å²) < 4.78 is 19.2. The highest BCUT2D eigenvalue weighted by molar-refractivity contribution is 5.77. The minimum atomic E-state index is -0.402. The molecule has 0 aliphatic carbocycles. The maximum Gasteiger partial charge on any atom is 0.258 e. The van der Waals surface area contributed by atoms with E-state index in [1.165, 1.54) is 0 Å². The summed E-state index contributed by atoms with van der Waals surface area (Å²) in [5.41, 5.74) is 0.862. The van der Waals surface area contributed by atoms with E-state index in [0.29, 0.717) is 22.3 Å². The molecule has 3 rings (SSSR count). The number of nitrogens with one attached hydrogen (secondary N) is 1. The van der Waals surface area contributed by atoms with Crippen LogP contribution in [0.1, 0.15) is 11.4 Å². The van der Waals surface area contributed by atoms with Crippen molar-refractivity contribution in [2.45, 2.75) is 13.5 Å². The van der Waals surface area contributed by atoms with E-state index in [9.17, 15) is 9.18 Å². The van der Waals surface area contributed by atoms with Gasteiger partial charge in [-0.3, -0.25) is 4.79 Å². The standard InChI is InChI=1S/C16H13FN2O2/c1-10-5-4-8-13(15(10)17)21-9-14-18-12-7-3-2-6-11(12)16(20)19-14/h2-8H,9H2,1H3,(H,18,19,20). The second-order valence-electron chi connectivity index (χ2n) is 4.71. The van der Waals surface area contributed by atoms with Gasteiger partial charge in [-0.15, -0.1) is 0 Å². The third kappa shape index (κ3) is 2.63. The zero-order chi connectivity index (χ0) is 14.8. The summed E-state index contributed by atoms with van der Waals surface area (Å²) in [6.07, 6.45) is 0. The van der Waals surface area contributed by atoms with Gasteiger partial charge >= 0.3 is 0 Å². The van der Waals surface area contributed by atoms with E-state index in [-0.39, 0.29) is 17.9 Å². The lowest BCUT2D eigenvalue weighted by atomic mass is 10.2. The topological polar surface area (TPSA) is 55.0 Å². The van der Waals surface area contributed by atoms with Gasteiger partial charge in [-0.05, 0) is 30.7 Å². The summed E-state index contributed by atoms with van der Waals surface area (Å²) in [6.45, 7) is 1.67. The van der Waals surface area contributed by atoms with Crippen molar-refractivity contribution in [3.63, 3.8) is 0 Å². The molecule has 1 N–H and O–H groups in total. The number of rotatable bonds is 3. The Balaban J connectivity index is 1.89. The van der Waals surface area contributed by atoms with E-state index >= 15 is 0 Å². The maximum atomic E-state index is 13.8. The lowest BCUT2D eigenvalue weighted by Gasteiger charge is -2.08. The minimum Gasteiger partial charge on any atom is -0.483 e. The first kappa shape index (κ1) is 13.3. The monoisotopic (exact) mass is 284 g/mol. The fraction of sp³-hybridized carbons (Fsp3) is 0.125. The number of hydrogen-bond donors (Lipinski definition) is 1. The normalized spacial score (nSPS) is 10.8. The lowest BCUT2D eigenvalue weighted by molar-refractivity contribution is 0.280. The number of aromatic nitrogens is 2. The van der Waals surface area contributed by atoms with E-state index in [1.807, 2.05) is 0 Å². The number of ether oxygens (including phenoxy) is 1. The van der Waals surface area contributed by atoms with Gasteiger partial charge in [0, 0.05) is 0 Å². The van der Waals surface area contributed by atoms with E-state index in [0.717, 1.165) is 0 Å². The highest BCUT2D eigenvalue weighted by Crippen LogP contribution is 2.20. The first-order valence-corrected chi connectivity index (χ1v) is 6.51. The maximum absolute atomic E-state index is 13.8. The number of halogens is 1. The molecule has 5 heteroatoms. The Morgan fingerprint density at radius 3 is 2.86 bits per heavy atom. The van der Waals surface area contributed by atoms with Crippen LogP contribution < -0.4 is 10.3 Å². The first-order chi connectivity index (χ1) is 10.1. The number of hydrogen-bond acceptors (Lipinski definition) is 3. The molecule has 0 atom stereocenters. The van der Waals surface area contributed by atoms with Crippen molar-refractivity contribution in [1.82, 2.24) is 9.97 Å². The van der Waals surface area contributed by atoms with Gasteiger partial charge in [-0.2, -0.15) is 0 Å². The largest absolute Gasteiger partial charge is 0.483 e. The van der Waals surface area contributed by atoms with Crippen molar-refractivity contribution in [2.24, 2.45) is 0 Å². The van der Waals surface area contributed by atoms with E-state index in [1.54, 1.807) is 49.4 Å². The Hall–Kier alpha value is -2.69. The van der Waals surface area contributed by atoms with Crippen LogP contribution in [-0.4, -0.2) is 9.97 Å². The predicted octanol–water partition coefficient (Wildman–Crippen LogP) is 2.95. The summed E-state index contributed by atoms with van der Waals surface area (Å²) >= 11 is 0. The summed E-state index contributed by atoms with van der Waals surface area (Å²) in [6, 6.07) is 12.0. The fourth-order valence-electron chi connectivity index (χ4n) is 2.08. The molecule has 0 spiro atoms. The molecule has 0 aliphatic rings. The number of aromatic amines is 1. The third-order valence-corrected chi connectivity index (χ3v) is 3.18. The van der Waals surface area contributed by atoms with Crippen molar-refractivity contribution < 1.29 is 9.13 Å². The minimum absolute atomic E-state index is 0.000444. The van der Waals surface area contributed by atoms with E-state index in [4.69, 9.17) is 4.74 Å². The van der Waals surface area contributed by atoms with Crippen LogP contribution >= 0.6 is 0 Å². The molecule has 0 unspecified atom stereocenters. The molecule has 0 aliphatic heterocycles. The number of H-pyrrole nitrogens is 1. The summed E-state index contributed by atoms with van der Waals surface area (Å²) in [4.78, 5) is 18.8. The van der Waals surface area contributed by atoms with Gasteiger partial charge in [0.2, 0.25) is 0 Å². The molecule has 1 heterocycles. The van der Waals surface area contributed by atoms with Crippen LogP contribution in [0.25, 0.3) is 10.9 Å². The highest BCUT2D eigenvalue weighted by atomic mass is 19.1. The molecule has 106 valence electrons. The lowest BCUT2D eigenvalue weighted by Crippen LogP contribution is -2.13. The van der Waals surface area contributed by atoms with Crippen LogP contribution in [0.3, 0.4) is 0 Å². The van der Waals surface area contributed by atoms with E-state index < -0.39 is 5.82 Å². The van der Waals surface area contributed by atoms with Crippen LogP contribution in [0.15, 0.2) is 47.3 Å². The first-order valence-electron chi connectivity index (χ1n) is 6.51. The van der Waals surface area contributed by atoms with Gasteiger partial charge in [0.05, 0.1) is 10.9 Å². The Morgan fingerprint density at radius 1 is 1.19 bits per heavy atom. The van der Waals surface area contributed by atoms with Crippen LogP contribution in [0, 0.1) is 12.7 Å². The molecule has 3 aromatic rings. The second kappa shape index (κ2) is 5.36. The summed E-state index contributed by atoms with van der Waals surface area (Å²) in [7, 11) is 0. The van der Waals surface area contributed by atoms with E-state index in [2.05, 4.69) is 9.97 Å². The molecule has 1 aromatic heterocycles. The van der Waals surface area contributed by atoms with Crippen LogP contribution in [0.2, 0.25) is 0 Å². The van der Waals surface area contributed by atoms with Crippen molar-refractivity contribution in [2.75, 3.05) is 0 Å². The molecule has 4 nitrogen and oxygen atoms in total. The number of fused-ring (bicyclic) bond motifs is 1. The van der Waals surface area contributed by atoms with Gasteiger partial charge in [0.15, 0.2) is 11.6 Å². The Morgan fingerprint density at radius 2 is 2.00 bits per heavy atom. The molecular formula is C16H13FN2O2. The molecule has 0 amide bonds. The van der Waals surface area contributed by atoms with Crippen molar-refractivity contribution in [3.05, 3.63) is 70.0 Å². The Kier molecular flexibility index (Phi) is 3.39. The molecule has 21 heavy (non-hydrogen) atoms. The van der Waals surface area contributed by atoms with Gasteiger partial charge in [0.1, 0.15) is 12.4 Å². The van der Waals surface area contributed by atoms with Crippen LogP contribution in [0.5, 0.6) is 5.75 Å². The number of nitrogens with zero attached hydrogens (tertiary/aromatic N) is 1. The van der Waals surface area contributed by atoms with Gasteiger partial charge in [0.25, 0.3) is 5.56 Å². The summed E-state index contributed by atoms with van der Waals surface area (Å²) in [5.74, 6) is 0.103. The van der Waals surface area contributed by atoms with Crippen molar-refractivity contribution in [1.29, 1.82) is 0 Å². The van der Waals surface area contributed by atoms with Gasteiger partial charge in [-0.1, -0.05) is 24.3 Å². The molecule has 0 bridgehead atoms. The summed E-state index contributed by atoms with van der Waals surface area (Å²) in [5, 5.41) is 0.517. The zero-order valence-electron chi connectivity index (χ0n) is 11.4. The fourth-order valence-corrected chi connectivity index (χ4v) is 2.08. The molecular weight excluding hydrogens is 271 g/mol. The van der Waals surface area contributed by atoms with Crippen LogP contribution in [0.4, 0.5) is 4.39 Å². The van der Waals surface area contributed by atoms with Gasteiger partial charge in [-0.25, -0.2) is 9.37 Å². The number of para-hydroxylation sites is 1. The smallest absolute Gasteiger partial charge is 0.258 e. The Bertz CT molecular complexity index is 858. The average molecular weight is 284 g/mol. The Labute approximate surface area is 120 Å². The molecule has 2 aromatic carbocycles. The SMILES string of the molecule is Cc1cccc(OCc2nc3ccccc3c(=O)[nH]2)c1F.